The van der Waals surface area contributed by atoms with Gasteiger partial charge in [0.2, 0.25) is 5.09 Å². The normalized spacial score (nSPS) is 10.9. The Bertz CT molecular complexity index is 494. The van der Waals surface area contributed by atoms with Crippen LogP contribution in [-0.4, -0.2) is 15.0 Å². The second-order valence-corrected chi connectivity index (χ2v) is 4.61. The molecule has 0 aliphatic carbocycles. The molecule has 0 bridgehead atoms. The van der Waals surface area contributed by atoms with Gasteiger partial charge in [-0.05, 0) is 19.1 Å². The maximum Gasteiger partial charge on any atom is 0.271 e. The SMILES string of the molecule is CC#CCCNCc1ccc(S(N)(=O)=O)o1. The number of nitrogens with one attached hydrogen (secondary N) is 1. The molecule has 88 valence electrons. The Morgan fingerprint density at radius 2 is 2.25 bits per heavy atom. The van der Waals surface area contributed by atoms with Crippen LogP contribution in [0, 0.1) is 11.8 Å². The average molecular weight is 242 g/mol. The maximum atomic E-state index is 10.9. The lowest BCUT2D eigenvalue weighted by molar-refractivity contribution is 0.403. The lowest BCUT2D eigenvalue weighted by Crippen LogP contribution is -2.14. The van der Waals surface area contributed by atoms with Gasteiger partial charge in [-0.2, -0.15) is 0 Å². The summed E-state index contributed by atoms with van der Waals surface area (Å²) in [6.45, 7) is 2.97. The molecule has 1 rings (SSSR count). The van der Waals surface area contributed by atoms with Gasteiger partial charge in [-0.25, -0.2) is 13.6 Å². The van der Waals surface area contributed by atoms with Crippen LogP contribution in [0.15, 0.2) is 21.6 Å². The Labute approximate surface area is 95.1 Å². The molecule has 0 fully saturated rings. The van der Waals surface area contributed by atoms with Gasteiger partial charge in [0.25, 0.3) is 10.0 Å². The minimum absolute atomic E-state index is 0.211. The van der Waals surface area contributed by atoms with Crippen LogP contribution in [0.3, 0.4) is 0 Å². The lowest BCUT2D eigenvalue weighted by Gasteiger charge is -1.98. The van der Waals surface area contributed by atoms with Gasteiger partial charge in [0, 0.05) is 13.0 Å². The zero-order valence-corrected chi connectivity index (χ0v) is 9.80. The average Bonchev–Trinajstić information content (AvgIpc) is 2.65. The van der Waals surface area contributed by atoms with E-state index in [0.717, 1.165) is 13.0 Å². The van der Waals surface area contributed by atoms with Crippen molar-refractivity contribution in [1.82, 2.24) is 5.32 Å². The van der Waals surface area contributed by atoms with Crippen LogP contribution in [0.4, 0.5) is 0 Å². The van der Waals surface area contributed by atoms with Crippen molar-refractivity contribution in [1.29, 1.82) is 0 Å². The second kappa shape index (κ2) is 5.70. The van der Waals surface area contributed by atoms with E-state index in [1.54, 1.807) is 13.0 Å². The van der Waals surface area contributed by atoms with Gasteiger partial charge in [-0.15, -0.1) is 11.8 Å². The van der Waals surface area contributed by atoms with E-state index in [1.165, 1.54) is 6.07 Å². The number of furan rings is 1. The second-order valence-electron chi connectivity index (χ2n) is 3.12. The van der Waals surface area contributed by atoms with Gasteiger partial charge in [-0.1, -0.05) is 0 Å². The fourth-order valence-electron chi connectivity index (χ4n) is 1.09. The molecule has 0 radical (unpaired) electrons. The van der Waals surface area contributed by atoms with Crippen molar-refractivity contribution < 1.29 is 12.8 Å². The molecular weight excluding hydrogens is 228 g/mol. The minimum atomic E-state index is -3.74. The summed E-state index contributed by atoms with van der Waals surface area (Å²) in [5.41, 5.74) is 0. The van der Waals surface area contributed by atoms with Crippen molar-refractivity contribution in [3.05, 3.63) is 17.9 Å². The molecule has 0 spiro atoms. The Kier molecular flexibility index (Phi) is 4.55. The van der Waals surface area contributed by atoms with Crippen molar-refractivity contribution >= 4 is 10.0 Å². The fourth-order valence-corrected chi connectivity index (χ4v) is 1.57. The van der Waals surface area contributed by atoms with Crippen LogP contribution < -0.4 is 10.5 Å². The number of hydrogen-bond acceptors (Lipinski definition) is 4. The van der Waals surface area contributed by atoms with Crippen molar-refractivity contribution in [3.8, 4) is 11.8 Å². The smallest absolute Gasteiger partial charge is 0.271 e. The number of primary sulfonamides is 1. The molecule has 6 heteroatoms. The van der Waals surface area contributed by atoms with Gasteiger partial charge in [0.05, 0.1) is 6.54 Å². The van der Waals surface area contributed by atoms with Crippen LogP contribution in [0.2, 0.25) is 0 Å². The van der Waals surface area contributed by atoms with Gasteiger partial charge in [0.15, 0.2) is 0 Å². The Hall–Kier alpha value is -1.29. The predicted molar refractivity (Wildman–Crippen MR) is 59.9 cm³/mol. The first-order valence-corrected chi connectivity index (χ1v) is 6.30. The molecule has 5 nitrogen and oxygen atoms in total. The Balaban J connectivity index is 2.43. The zero-order valence-electron chi connectivity index (χ0n) is 8.99. The molecule has 16 heavy (non-hydrogen) atoms. The van der Waals surface area contributed by atoms with Gasteiger partial charge >= 0.3 is 0 Å². The maximum absolute atomic E-state index is 10.9. The van der Waals surface area contributed by atoms with Crippen molar-refractivity contribution in [2.45, 2.75) is 25.0 Å². The highest BCUT2D eigenvalue weighted by molar-refractivity contribution is 7.89. The number of hydrogen-bond donors (Lipinski definition) is 2. The van der Waals surface area contributed by atoms with Crippen LogP contribution in [-0.2, 0) is 16.6 Å². The summed E-state index contributed by atoms with van der Waals surface area (Å²) in [4.78, 5) is 0. The Morgan fingerprint density at radius 1 is 1.50 bits per heavy atom. The first kappa shape index (κ1) is 12.8. The summed E-state index contributed by atoms with van der Waals surface area (Å²) in [5.74, 6) is 6.22. The van der Waals surface area contributed by atoms with E-state index in [4.69, 9.17) is 9.56 Å². The van der Waals surface area contributed by atoms with E-state index >= 15 is 0 Å². The van der Waals surface area contributed by atoms with Crippen molar-refractivity contribution in [3.63, 3.8) is 0 Å². The third-order valence-corrected chi connectivity index (χ3v) is 2.60. The highest BCUT2D eigenvalue weighted by Gasteiger charge is 2.12. The molecule has 0 aliphatic rings. The summed E-state index contributed by atoms with van der Waals surface area (Å²) < 4.78 is 26.9. The molecular formula is C10H14N2O3S. The van der Waals surface area contributed by atoms with Gasteiger partial charge in [-0.3, -0.25) is 0 Å². The predicted octanol–water partition coefficient (Wildman–Crippen LogP) is 0.430. The van der Waals surface area contributed by atoms with Crippen LogP contribution in [0.5, 0.6) is 0 Å². The third kappa shape index (κ3) is 4.06. The molecule has 1 heterocycles. The monoisotopic (exact) mass is 242 g/mol. The third-order valence-electron chi connectivity index (χ3n) is 1.82. The van der Waals surface area contributed by atoms with E-state index in [1.807, 2.05) is 0 Å². The summed E-state index contributed by atoms with van der Waals surface area (Å²) in [6, 6.07) is 2.93. The Morgan fingerprint density at radius 3 is 2.81 bits per heavy atom. The van der Waals surface area contributed by atoms with Crippen LogP contribution >= 0.6 is 0 Å². The number of nitrogens with two attached hydrogens (primary N) is 1. The highest BCUT2D eigenvalue weighted by Crippen LogP contribution is 2.11. The first-order valence-electron chi connectivity index (χ1n) is 4.76. The molecule has 0 aromatic carbocycles. The molecule has 0 saturated heterocycles. The largest absolute Gasteiger partial charge is 0.447 e. The first-order chi connectivity index (χ1) is 7.54. The molecule has 0 saturated carbocycles. The van der Waals surface area contributed by atoms with E-state index in [0.29, 0.717) is 12.3 Å². The van der Waals surface area contributed by atoms with Crippen molar-refractivity contribution in [2.75, 3.05) is 6.54 Å². The molecule has 3 N–H and O–H groups in total. The zero-order chi connectivity index (χ0) is 12.0. The van der Waals surface area contributed by atoms with Gasteiger partial charge in [0.1, 0.15) is 5.76 Å². The molecule has 0 amide bonds. The molecule has 1 aromatic rings. The van der Waals surface area contributed by atoms with Crippen LogP contribution in [0.1, 0.15) is 19.1 Å². The van der Waals surface area contributed by atoms with E-state index < -0.39 is 10.0 Å². The highest BCUT2D eigenvalue weighted by atomic mass is 32.2. The molecule has 0 aliphatic heterocycles. The minimum Gasteiger partial charge on any atom is -0.447 e. The quantitative estimate of drug-likeness (QED) is 0.579. The van der Waals surface area contributed by atoms with Gasteiger partial charge < -0.3 is 9.73 Å². The fraction of sp³-hybridized carbons (Fsp3) is 0.400. The van der Waals surface area contributed by atoms with Crippen molar-refractivity contribution in [2.24, 2.45) is 5.14 Å². The number of rotatable bonds is 5. The summed E-state index contributed by atoms with van der Waals surface area (Å²) in [6.07, 6.45) is 0.749. The van der Waals surface area contributed by atoms with E-state index in [9.17, 15) is 8.42 Å². The van der Waals surface area contributed by atoms with E-state index in [-0.39, 0.29) is 5.09 Å². The standard InChI is InChI=1S/C10H14N2O3S/c1-2-3-4-7-12-8-9-5-6-10(15-9)16(11,13)14/h5-6,12H,4,7-8H2,1H3,(H2,11,13,14). The molecule has 0 unspecified atom stereocenters. The van der Waals surface area contributed by atoms with E-state index in [2.05, 4.69) is 17.2 Å². The lowest BCUT2D eigenvalue weighted by atomic mass is 10.4. The van der Waals surface area contributed by atoms with Crippen LogP contribution in [0.25, 0.3) is 0 Å². The summed E-state index contributed by atoms with van der Waals surface area (Å²) in [5, 5.41) is 7.76. The molecule has 1 aromatic heterocycles. The summed E-state index contributed by atoms with van der Waals surface area (Å²) >= 11 is 0. The molecule has 0 atom stereocenters. The topological polar surface area (TPSA) is 85.3 Å². The summed E-state index contributed by atoms with van der Waals surface area (Å²) in [7, 11) is -3.74. The number of sulfonamides is 1.